The van der Waals surface area contributed by atoms with Crippen molar-refractivity contribution in [3.05, 3.63) is 33.0 Å². The zero-order valence-electron chi connectivity index (χ0n) is 6.44. The van der Waals surface area contributed by atoms with Crippen LogP contribution in [0.3, 0.4) is 0 Å². The van der Waals surface area contributed by atoms with Gasteiger partial charge in [0.25, 0.3) is 0 Å². The van der Waals surface area contributed by atoms with Crippen molar-refractivity contribution in [2.45, 2.75) is 13.0 Å². The van der Waals surface area contributed by atoms with Crippen LogP contribution in [-0.4, -0.2) is 0 Å². The molecule has 0 bridgehead atoms. The molecule has 2 N–H and O–H groups in total. The van der Waals surface area contributed by atoms with Crippen LogP contribution in [0.15, 0.2) is 16.6 Å². The topological polar surface area (TPSA) is 26.0 Å². The summed E-state index contributed by atoms with van der Waals surface area (Å²) in [6.07, 6.45) is 0. The number of benzene rings is 1. The molecule has 1 rings (SSSR count). The minimum absolute atomic E-state index is 0.204. The van der Waals surface area contributed by atoms with Crippen LogP contribution in [0.2, 0.25) is 5.02 Å². The van der Waals surface area contributed by atoms with Gasteiger partial charge in [-0.3, -0.25) is 0 Å². The van der Waals surface area contributed by atoms with Crippen molar-refractivity contribution in [3.8, 4) is 0 Å². The van der Waals surface area contributed by atoms with E-state index in [2.05, 4.69) is 15.9 Å². The molecule has 0 saturated carbocycles. The normalized spacial score (nSPS) is 13.1. The predicted octanol–water partition coefficient (Wildman–Crippen LogP) is 3.26. The lowest BCUT2D eigenvalue weighted by molar-refractivity contribution is 0.616. The molecule has 0 aliphatic rings. The fourth-order valence-electron chi connectivity index (χ4n) is 0.838. The zero-order chi connectivity index (χ0) is 9.30. The first-order chi connectivity index (χ1) is 5.52. The molecule has 1 aromatic carbocycles. The maximum absolute atomic E-state index is 13.0. The second kappa shape index (κ2) is 3.73. The lowest BCUT2D eigenvalue weighted by Gasteiger charge is -2.07. The molecule has 0 amide bonds. The van der Waals surface area contributed by atoms with Gasteiger partial charge in [-0.1, -0.05) is 11.6 Å². The lowest BCUT2D eigenvalue weighted by Crippen LogP contribution is -2.05. The number of hydrogen-bond acceptors (Lipinski definition) is 1. The van der Waals surface area contributed by atoms with E-state index >= 15 is 0 Å². The molecule has 1 atom stereocenters. The SMILES string of the molecule is CC(N)c1cc(F)c(Br)c(Cl)c1. The summed E-state index contributed by atoms with van der Waals surface area (Å²) >= 11 is 8.74. The van der Waals surface area contributed by atoms with E-state index in [0.29, 0.717) is 10.6 Å². The predicted molar refractivity (Wildman–Crippen MR) is 51.7 cm³/mol. The molecular formula is C8H8BrClFN. The Morgan fingerprint density at radius 2 is 2.17 bits per heavy atom. The van der Waals surface area contributed by atoms with E-state index in [1.165, 1.54) is 6.07 Å². The van der Waals surface area contributed by atoms with E-state index in [0.717, 1.165) is 0 Å². The zero-order valence-corrected chi connectivity index (χ0v) is 8.79. The fraction of sp³-hybridized carbons (Fsp3) is 0.250. The Hall–Kier alpha value is -0.120. The Kier molecular flexibility index (Phi) is 3.09. The van der Waals surface area contributed by atoms with Crippen LogP contribution in [0.1, 0.15) is 18.5 Å². The quantitative estimate of drug-likeness (QED) is 0.763. The van der Waals surface area contributed by atoms with Gasteiger partial charge in [0, 0.05) is 6.04 Å². The Morgan fingerprint density at radius 1 is 1.58 bits per heavy atom. The number of hydrogen-bond donors (Lipinski definition) is 1. The molecule has 0 heterocycles. The van der Waals surface area contributed by atoms with Crippen molar-refractivity contribution < 1.29 is 4.39 Å². The first-order valence-corrected chi connectivity index (χ1v) is 4.59. The van der Waals surface area contributed by atoms with E-state index in [9.17, 15) is 4.39 Å². The Labute approximate surface area is 83.8 Å². The molecular weight excluding hydrogens is 244 g/mol. The Balaban J connectivity index is 3.21. The van der Waals surface area contributed by atoms with Gasteiger partial charge in [-0.05, 0) is 40.5 Å². The lowest BCUT2D eigenvalue weighted by atomic mass is 10.1. The molecule has 0 aliphatic carbocycles. The molecule has 0 radical (unpaired) electrons. The minimum atomic E-state index is -0.380. The van der Waals surface area contributed by atoms with Gasteiger partial charge in [-0.15, -0.1) is 0 Å². The third-order valence-corrected chi connectivity index (χ3v) is 2.86. The molecule has 4 heteroatoms. The van der Waals surface area contributed by atoms with Crippen molar-refractivity contribution in [1.82, 2.24) is 0 Å². The molecule has 12 heavy (non-hydrogen) atoms. The summed E-state index contributed by atoms with van der Waals surface area (Å²) in [4.78, 5) is 0. The summed E-state index contributed by atoms with van der Waals surface area (Å²) in [6.45, 7) is 1.78. The highest BCUT2D eigenvalue weighted by Gasteiger charge is 2.08. The molecule has 0 aromatic heterocycles. The van der Waals surface area contributed by atoms with Crippen molar-refractivity contribution in [2.24, 2.45) is 5.73 Å². The highest BCUT2D eigenvalue weighted by molar-refractivity contribution is 9.10. The van der Waals surface area contributed by atoms with Gasteiger partial charge in [0.1, 0.15) is 5.82 Å². The molecule has 66 valence electrons. The minimum Gasteiger partial charge on any atom is -0.324 e. The molecule has 1 aromatic rings. The summed E-state index contributed by atoms with van der Waals surface area (Å²) in [5.41, 5.74) is 6.26. The number of rotatable bonds is 1. The molecule has 0 spiro atoms. The van der Waals surface area contributed by atoms with Gasteiger partial charge >= 0.3 is 0 Å². The van der Waals surface area contributed by atoms with Gasteiger partial charge in [0.15, 0.2) is 0 Å². The third-order valence-electron chi connectivity index (χ3n) is 1.53. The summed E-state index contributed by atoms with van der Waals surface area (Å²) in [7, 11) is 0. The standard InChI is InChI=1S/C8H8BrClFN/c1-4(12)5-2-6(10)8(9)7(11)3-5/h2-4H,12H2,1H3. The number of halogens is 3. The second-order valence-corrected chi connectivity index (χ2v) is 3.79. The first kappa shape index (κ1) is 9.96. The average molecular weight is 253 g/mol. The van der Waals surface area contributed by atoms with Crippen LogP contribution in [0.5, 0.6) is 0 Å². The van der Waals surface area contributed by atoms with Crippen molar-refractivity contribution in [3.63, 3.8) is 0 Å². The third kappa shape index (κ3) is 1.97. The van der Waals surface area contributed by atoms with E-state index < -0.39 is 0 Å². The first-order valence-electron chi connectivity index (χ1n) is 3.42. The van der Waals surface area contributed by atoms with Crippen LogP contribution < -0.4 is 5.73 Å². The maximum Gasteiger partial charge on any atom is 0.139 e. The van der Waals surface area contributed by atoms with Crippen LogP contribution >= 0.6 is 27.5 Å². The largest absolute Gasteiger partial charge is 0.324 e. The molecule has 0 aliphatic heterocycles. The van der Waals surface area contributed by atoms with E-state index in [1.54, 1.807) is 13.0 Å². The van der Waals surface area contributed by atoms with Gasteiger partial charge in [0.05, 0.1) is 9.50 Å². The van der Waals surface area contributed by atoms with Crippen molar-refractivity contribution in [2.75, 3.05) is 0 Å². The monoisotopic (exact) mass is 251 g/mol. The van der Waals surface area contributed by atoms with Crippen LogP contribution in [0.4, 0.5) is 4.39 Å². The van der Waals surface area contributed by atoms with Gasteiger partial charge in [-0.2, -0.15) is 0 Å². The fourth-order valence-corrected chi connectivity index (χ4v) is 1.28. The summed E-state index contributed by atoms with van der Waals surface area (Å²) < 4.78 is 13.3. The van der Waals surface area contributed by atoms with E-state index in [1.807, 2.05) is 0 Å². The van der Waals surface area contributed by atoms with Crippen LogP contribution in [0, 0.1) is 5.82 Å². The van der Waals surface area contributed by atoms with Gasteiger partial charge in [0.2, 0.25) is 0 Å². The summed E-state index contributed by atoms with van der Waals surface area (Å²) in [5.74, 6) is -0.380. The maximum atomic E-state index is 13.0. The van der Waals surface area contributed by atoms with Gasteiger partial charge < -0.3 is 5.73 Å². The van der Waals surface area contributed by atoms with Gasteiger partial charge in [-0.25, -0.2) is 4.39 Å². The second-order valence-electron chi connectivity index (χ2n) is 2.59. The van der Waals surface area contributed by atoms with Crippen molar-refractivity contribution in [1.29, 1.82) is 0 Å². The summed E-state index contributed by atoms with van der Waals surface area (Å²) in [5, 5.41) is 0.349. The Bertz CT molecular complexity index is 278. The van der Waals surface area contributed by atoms with Crippen LogP contribution in [0.25, 0.3) is 0 Å². The van der Waals surface area contributed by atoms with E-state index in [-0.39, 0.29) is 16.3 Å². The molecule has 0 fully saturated rings. The molecule has 0 saturated heterocycles. The molecule has 1 nitrogen and oxygen atoms in total. The Morgan fingerprint density at radius 3 is 2.58 bits per heavy atom. The van der Waals surface area contributed by atoms with Crippen molar-refractivity contribution >= 4 is 27.5 Å². The smallest absolute Gasteiger partial charge is 0.139 e. The average Bonchev–Trinajstić information content (AvgIpc) is 1.99. The highest BCUT2D eigenvalue weighted by atomic mass is 79.9. The molecule has 1 unspecified atom stereocenters. The number of nitrogens with two attached hydrogens (primary N) is 1. The summed E-state index contributed by atoms with van der Waals surface area (Å²) in [6, 6.07) is 2.82. The highest BCUT2D eigenvalue weighted by Crippen LogP contribution is 2.28. The van der Waals surface area contributed by atoms with E-state index in [4.69, 9.17) is 17.3 Å². The van der Waals surface area contributed by atoms with Crippen LogP contribution in [-0.2, 0) is 0 Å².